The van der Waals surface area contributed by atoms with Crippen LogP contribution in [0.2, 0.25) is 0 Å². The number of β-amino-alcohol motifs (C(OH)–C–C–N with tert-alkyl or cyclic N) is 1. The number of thioether (sulfide) groups is 1. The van der Waals surface area contributed by atoms with Crippen LogP contribution in [0, 0.1) is 11.8 Å². The maximum atomic E-state index is 13.5. The summed E-state index contributed by atoms with van der Waals surface area (Å²) in [5.41, 5.74) is -4.02. The van der Waals surface area contributed by atoms with Crippen molar-refractivity contribution in [3.05, 3.63) is 47.7 Å². The Labute approximate surface area is 246 Å². The van der Waals surface area contributed by atoms with Crippen LogP contribution in [0.15, 0.2) is 41.3 Å². The fraction of sp³-hybridized carbons (Fsp3) is 0.448. The van der Waals surface area contributed by atoms with Crippen LogP contribution in [-0.4, -0.2) is 94.5 Å². The predicted molar refractivity (Wildman–Crippen MR) is 156 cm³/mol. The number of nitrogens with zero attached hydrogens (tertiary/aromatic N) is 4. The van der Waals surface area contributed by atoms with Crippen LogP contribution < -0.4 is 15.4 Å². The van der Waals surface area contributed by atoms with E-state index in [1.165, 1.54) is 11.6 Å². The van der Waals surface area contributed by atoms with Crippen LogP contribution in [-0.2, 0) is 0 Å². The summed E-state index contributed by atoms with van der Waals surface area (Å²) in [5.74, 6) is 6.52. The molecule has 2 fully saturated rings. The molecule has 13 heteroatoms. The second-order valence-electron chi connectivity index (χ2n) is 10.9. The summed E-state index contributed by atoms with van der Waals surface area (Å²) in [6, 6.07) is 10.3. The highest BCUT2D eigenvalue weighted by molar-refractivity contribution is 8.00. The van der Waals surface area contributed by atoms with Crippen LogP contribution >= 0.6 is 11.8 Å². The Morgan fingerprint density at radius 2 is 1.98 bits per heavy atom. The summed E-state index contributed by atoms with van der Waals surface area (Å²) < 4.78 is 47.5. The standard InChI is InChI=1S/C29H33F3N6O3S/c1-28(40)17-37(18-28)27(39)19-9-10-21(24(16-19)41-3)33-13-5-6-22-26(42-29(30,31)32)23-7-4-8-25(38(23)35-22)34-20-11-14-36(2)15-12-20/h4,7-10,16,20,33-34,40H,11-15,17-18H2,1-3H3. The van der Waals surface area contributed by atoms with Crippen LogP contribution in [0.4, 0.5) is 24.7 Å². The second-order valence-corrected chi connectivity index (χ2v) is 12.0. The number of hydrogen-bond donors (Lipinski definition) is 3. The van der Waals surface area contributed by atoms with Gasteiger partial charge in [0.2, 0.25) is 0 Å². The highest BCUT2D eigenvalue weighted by Crippen LogP contribution is 2.41. The Kier molecular flexibility index (Phi) is 8.50. The lowest BCUT2D eigenvalue weighted by Gasteiger charge is -2.44. The van der Waals surface area contributed by atoms with Crippen LogP contribution in [0.3, 0.4) is 0 Å². The number of nitrogens with one attached hydrogen (secondary N) is 2. The van der Waals surface area contributed by atoms with E-state index < -0.39 is 11.1 Å². The molecule has 1 aromatic carbocycles. The van der Waals surface area contributed by atoms with Crippen molar-refractivity contribution in [1.82, 2.24) is 19.4 Å². The van der Waals surface area contributed by atoms with Gasteiger partial charge in [0.25, 0.3) is 5.91 Å². The maximum Gasteiger partial charge on any atom is 0.446 e. The maximum absolute atomic E-state index is 13.5. The number of hydrogen-bond acceptors (Lipinski definition) is 8. The van der Waals surface area contributed by atoms with Gasteiger partial charge in [-0.05, 0) is 87.9 Å². The topological polar surface area (TPSA) is 94.4 Å². The van der Waals surface area contributed by atoms with Crippen molar-refractivity contribution in [3.63, 3.8) is 0 Å². The molecule has 3 aromatic rings. The van der Waals surface area contributed by atoms with Gasteiger partial charge in [-0.1, -0.05) is 12.0 Å². The third kappa shape index (κ3) is 6.88. The first kappa shape index (κ1) is 29.9. The van der Waals surface area contributed by atoms with Gasteiger partial charge in [0.15, 0.2) is 0 Å². The number of alkyl halides is 3. The van der Waals surface area contributed by atoms with Gasteiger partial charge >= 0.3 is 5.51 Å². The minimum Gasteiger partial charge on any atom is -0.495 e. The number of benzene rings is 1. The molecule has 0 radical (unpaired) electrons. The van der Waals surface area contributed by atoms with E-state index in [2.05, 4.69) is 39.5 Å². The number of methoxy groups -OCH3 is 1. The number of anilines is 2. The fourth-order valence-corrected chi connectivity index (χ4v) is 5.84. The molecule has 3 N–H and O–H groups in total. The highest BCUT2D eigenvalue weighted by Gasteiger charge is 2.39. The number of aliphatic hydroxyl groups is 1. The molecule has 2 aliphatic heterocycles. The molecular weight excluding hydrogens is 569 g/mol. The molecule has 0 unspecified atom stereocenters. The Morgan fingerprint density at radius 3 is 2.64 bits per heavy atom. The van der Waals surface area contributed by atoms with E-state index in [1.807, 2.05) is 6.07 Å². The number of ether oxygens (including phenoxy) is 1. The first-order valence-corrected chi connectivity index (χ1v) is 14.4. The first-order valence-electron chi connectivity index (χ1n) is 13.6. The molecule has 2 saturated heterocycles. The van der Waals surface area contributed by atoms with E-state index in [9.17, 15) is 23.1 Å². The predicted octanol–water partition coefficient (Wildman–Crippen LogP) is 4.13. The zero-order chi connectivity index (χ0) is 30.1. The van der Waals surface area contributed by atoms with Gasteiger partial charge in [-0.25, -0.2) is 4.52 Å². The first-order chi connectivity index (χ1) is 19.9. The van der Waals surface area contributed by atoms with E-state index in [4.69, 9.17) is 4.74 Å². The van der Waals surface area contributed by atoms with Crippen molar-refractivity contribution < 1.29 is 27.8 Å². The Hall–Kier alpha value is -3.60. The molecule has 0 spiro atoms. The summed E-state index contributed by atoms with van der Waals surface area (Å²) in [6.07, 6.45) is 1.85. The third-order valence-corrected chi connectivity index (χ3v) is 8.11. The highest BCUT2D eigenvalue weighted by atomic mass is 32.2. The minimum atomic E-state index is -4.51. The largest absolute Gasteiger partial charge is 0.495 e. The average molecular weight is 603 g/mol. The van der Waals surface area contributed by atoms with Gasteiger partial charge in [0, 0.05) is 11.6 Å². The molecule has 224 valence electrons. The molecule has 1 amide bonds. The van der Waals surface area contributed by atoms with Gasteiger partial charge in [-0.2, -0.15) is 18.3 Å². The molecule has 0 atom stereocenters. The number of fused-ring (bicyclic) bond motifs is 1. The molecule has 2 aliphatic rings. The Balaban J connectivity index is 1.33. The lowest BCUT2D eigenvalue weighted by atomic mass is 9.96. The normalized spacial score (nSPS) is 17.4. The quantitative estimate of drug-likeness (QED) is 0.275. The zero-order valence-electron chi connectivity index (χ0n) is 23.6. The number of pyridine rings is 1. The van der Waals surface area contributed by atoms with Gasteiger partial charge in [0.1, 0.15) is 17.3 Å². The van der Waals surface area contributed by atoms with E-state index >= 15 is 0 Å². The van der Waals surface area contributed by atoms with E-state index in [0.717, 1.165) is 25.9 Å². The third-order valence-electron chi connectivity index (χ3n) is 7.27. The summed E-state index contributed by atoms with van der Waals surface area (Å²) in [6.45, 7) is 4.18. The summed E-state index contributed by atoms with van der Waals surface area (Å²) >= 11 is -0.220. The van der Waals surface area contributed by atoms with Gasteiger partial charge < -0.3 is 30.3 Å². The number of carbonyl (C=O) groups excluding carboxylic acids is 1. The molecule has 0 saturated carbocycles. The van der Waals surface area contributed by atoms with Crippen LogP contribution in [0.25, 0.3) is 5.52 Å². The molecule has 42 heavy (non-hydrogen) atoms. The van der Waals surface area contributed by atoms with Crippen LogP contribution in [0.1, 0.15) is 35.8 Å². The lowest BCUT2D eigenvalue weighted by molar-refractivity contribution is -0.0668. The van der Waals surface area contributed by atoms with Gasteiger partial charge in [0.05, 0.1) is 48.4 Å². The van der Waals surface area contributed by atoms with E-state index in [-0.39, 0.29) is 53.9 Å². The van der Waals surface area contributed by atoms with Gasteiger partial charge in [-0.3, -0.25) is 4.79 Å². The Bertz CT molecular complexity index is 1510. The molecule has 0 aliphatic carbocycles. The molecule has 0 bridgehead atoms. The lowest BCUT2D eigenvalue weighted by Crippen LogP contribution is -2.61. The molecule has 5 rings (SSSR count). The molecule has 2 aromatic heterocycles. The number of piperidine rings is 1. The average Bonchev–Trinajstić information content (AvgIpc) is 3.27. The van der Waals surface area contributed by atoms with Crippen molar-refractivity contribution in [3.8, 4) is 17.6 Å². The van der Waals surface area contributed by atoms with E-state index in [0.29, 0.717) is 28.3 Å². The second kappa shape index (κ2) is 11.9. The summed E-state index contributed by atoms with van der Waals surface area (Å²) in [7, 11) is 3.54. The minimum absolute atomic E-state index is 0.0371. The Morgan fingerprint density at radius 1 is 1.24 bits per heavy atom. The number of halogens is 3. The van der Waals surface area contributed by atoms with Gasteiger partial charge in [-0.15, -0.1) is 0 Å². The van der Waals surface area contributed by atoms with Crippen molar-refractivity contribution in [2.45, 2.75) is 41.8 Å². The monoisotopic (exact) mass is 602 g/mol. The van der Waals surface area contributed by atoms with Crippen molar-refractivity contribution in [2.75, 3.05) is 57.5 Å². The molecule has 4 heterocycles. The number of aromatic nitrogens is 2. The number of rotatable bonds is 7. The van der Waals surface area contributed by atoms with Crippen molar-refractivity contribution in [1.29, 1.82) is 0 Å². The number of amides is 1. The SMILES string of the molecule is COc1cc(C(=O)N2CC(C)(O)C2)ccc1NCC#Cc1nn2c(NC3CCN(C)CC3)cccc2c1SC(F)(F)F. The smallest absolute Gasteiger partial charge is 0.446 e. The van der Waals surface area contributed by atoms with Crippen molar-refractivity contribution >= 4 is 34.7 Å². The van der Waals surface area contributed by atoms with E-state index in [1.54, 1.807) is 42.2 Å². The summed E-state index contributed by atoms with van der Waals surface area (Å²) in [4.78, 5) is 16.4. The fourth-order valence-electron chi connectivity index (χ4n) is 5.16. The van der Waals surface area contributed by atoms with Crippen LogP contribution in [0.5, 0.6) is 5.75 Å². The molecular formula is C29H33F3N6O3S. The summed E-state index contributed by atoms with van der Waals surface area (Å²) in [5, 5.41) is 20.9. The number of carbonyl (C=O) groups is 1. The molecule has 9 nitrogen and oxygen atoms in total. The zero-order valence-corrected chi connectivity index (χ0v) is 24.4. The van der Waals surface area contributed by atoms with Crippen molar-refractivity contribution in [2.24, 2.45) is 0 Å². The number of likely N-dealkylation sites (tertiary alicyclic amines) is 2.